The van der Waals surface area contributed by atoms with E-state index in [1.807, 2.05) is 4.98 Å². The summed E-state index contributed by atoms with van der Waals surface area (Å²) in [6.45, 7) is 0. The summed E-state index contributed by atoms with van der Waals surface area (Å²) in [5.74, 6) is -0.284. The number of sulfonamides is 1. The molecule has 0 bridgehead atoms. The molecule has 4 aromatic rings. The number of H-pyrrole nitrogens is 2. The summed E-state index contributed by atoms with van der Waals surface area (Å²) >= 11 is 0. The van der Waals surface area contributed by atoms with Gasteiger partial charge in [0, 0.05) is 23.0 Å². The Morgan fingerprint density at radius 1 is 0.967 bits per heavy atom. The van der Waals surface area contributed by atoms with E-state index >= 15 is 0 Å². The molecule has 0 radical (unpaired) electrons. The number of halogens is 1. The van der Waals surface area contributed by atoms with Crippen molar-refractivity contribution in [2.45, 2.75) is 4.90 Å². The van der Waals surface area contributed by atoms with Gasteiger partial charge in [-0.2, -0.15) is 0 Å². The third-order valence-corrected chi connectivity index (χ3v) is 5.32. The van der Waals surface area contributed by atoms with Gasteiger partial charge in [0.25, 0.3) is 15.6 Å². The van der Waals surface area contributed by atoms with Gasteiger partial charge in [-0.15, -0.1) is 10.2 Å². The van der Waals surface area contributed by atoms with Crippen LogP contribution >= 0.6 is 0 Å². The normalized spacial score (nSPS) is 11.4. The molecule has 10 nitrogen and oxygen atoms in total. The van der Waals surface area contributed by atoms with E-state index in [2.05, 4.69) is 19.9 Å². The van der Waals surface area contributed by atoms with Crippen LogP contribution in [0.25, 0.3) is 22.9 Å². The van der Waals surface area contributed by atoms with E-state index in [-0.39, 0.29) is 17.5 Å². The largest absolute Gasteiger partial charge is 0.416 e. The molecule has 3 N–H and O–H groups in total. The summed E-state index contributed by atoms with van der Waals surface area (Å²) in [5.41, 5.74) is -0.988. The minimum atomic E-state index is -4.27. The highest BCUT2D eigenvalue weighted by Gasteiger charge is 2.20. The number of anilines is 1. The molecule has 0 atom stereocenters. The third-order valence-electron chi connectivity index (χ3n) is 3.93. The van der Waals surface area contributed by atoms with Crippen molar-refractivity contribution in [3.63, 3.8) is 0 Å². The molecule has 0 amide bonds. The number of aromatic nitrogens is 4. The predicted octanol–water partition coefficient (Wildman–Crippen LogP) is 1.72. The summed E-state index contributed by atoms with van der Waals surface area (Å²) in [4.78, 5) is 26.1. The molecule has 2 aromatic heterocycles. The van der Waals surface area contributed by atoms with Gasteiger partial charge in [0.05, 0.1) is 0 Å². The van der Waals surface area contributed by atoms with Gasteiger partial charge in [0.1, 0.15) is 5.82 Å². The number of nitrogens with one attached hydrogen (secondary N) is 3. The summed E-state index contributed by atoms with van der Waals surface area (Å²) < 4.78 is 46.1. The molecule has 12 heteroatoms. The minimum absolute atomic E-state index is 0.0807. The average molecular weight is 429 g/mol. The van der Waals surface area contributed by atoms with E-state index in [1.165, 1.54) is 36.4 Å². The number of hydrogen-bond donors (Lipinski definition) is 3. The highest BCUT2D eigenvalue weighted by Crippen LogP contribution is 2.26. The van der Waals surface area contributed by atoms with Crippen LogP contribution in [-0.2, 0) is 10.0 Å². The van der Waals surface area contributed by atoms with Crippen LogP contribution in [0.1, 0.15) is 0 Å². The van der Waals surface area contributed by atoms with E-state index in [0.29, 0.717) is 11.1 Å². The van der Waals surface area contributed by atoms with Crippen LogP contribution in [0.4, 0.5) is 10.1 Å². The number of rotatable bonds is 5. The second-order valence-corrected chi connectivity index (χ2v) is 7.70. The fourth-order valence-electron chi connectivity index (χ4n) is 2.60. The fraction of sp³-hybridized carbons (Fsp3) is 0. The highest BCUT2D eigenvalue weighted by atomic mass is 32.2. The first kappa shape index (κ1) is 19.3. The topological polar surface area (TPSA) is 151 Å². The highest BCUT2D eigenvalue weighted by molar-refractivity contribution is 7.92. The first-order valence-corrected chi connectivity index (χ1v) is 9.85. The molecule has 0 unspecified atom stereocenters. The number of hydrogen-bond acceptors (Lipinski definition) is 7. The van der Waals surface area contributed by atoms with E-state index in [1.54, 1.807) is 12.1 Å². The second kappa shape index (κ2) is 7.40. The second-order valence-electron chi connectivity index (χ2n) is 6.05. The van der Waals surface area contributed by atoms with E-state index < -0.39 is 32.0 Å². The molecule has 4 rings (SSSR count). The molecule has 0 spiro atoms. The van der Waals surface area contributed by atoms with Crippen LogP contribution in [0.5, 0.6) is 0 Å². The predicted molar refractivity (Wildman–Crippen MR) is 104 cm³/mol. The molecule has 0 saturated heterocycles. The molecular formula is C18H12FN5O5S. The first-order chi connectivity index (χ1) is 14.3. The van der Waals surface area contributed by atoms with Gasteiger partial charge in [0.15, 0.2) is 4.90 Å². The minimum Gasteiger partial charge on any atom is -0.416 e. The van der Waals surface area contributed by atoms with Crippen molar-refractivity contribution < 1.29 is 17.2 Å². The average Bonchev–Trinajstić information content (AvgIpc) is 3.18. The van der Waals surface area contributed by atoms with Gasteiger partial charge in [-0.1, -0.05) is 12.1 Å². The zero-order valence-electron chi connectivity index (χ0n) is 14.9. The Balaban J connectivity index is 1.63. The Bertz CT molecular complexity index is 1460. The van der Waals surface area contributed by atoms with Gasteiger partial charge in [-0.05, 0) is 36.4 Å². The van der Waals surface area contributed by atoms with Crippen LogP contribution < -0.4 is 16.0 Å². The molecule has 0 aliphatic rings. The van der Waals surface area contributed by atoms with Gasteiger partial charge in [0.2, 0.25) is 11.8 Å². The maximum absolute atomic E-state index is 13.4. The molecule has 152 valence electrons. The first-order valence-electron chi connectivity index (χ1n) is 8.36. The molecule has 30 heavy (non-hydrogen) atoms. The SMILES string of the molecule is O=c1[nH]cc(S(=O)(=O)Nc2cccc(-c3nnc(-c4cccc(F)c4)o3)c2)c(=O)[nH]1. The van der Waals surface area contributed by atoms with Gasteiger partial charge >= 0.3 is 5.69 Å². The van der Waals surface area contributed by atoms with Gasteiger partial charge in [-0.3, -0.25) is 14.5 Å². The van der Waals surface area contributed by atoms with Crippen molar-refractivity contribution in [3.05, 3.63) is 81.4 Å². The van der Waals surface area contributed by atoms with Crippen LogP contribution in [0.2, 0.25) is 0 Å². The van der Waals surface area contributed by atoms with E-state index in [0.717, 1.165) is 6.20 Å². The van der Waals surface area contributed by atoms with Crippen LogP contribution in [0, 0.1) is 5.82 Å². The van der Waals surface area contributed by atoms with Crippen molar-refractivity contribution in [1.29, 1.82) is 0 Å². The lowest BCUT2D eigenvalue weighted by Gasteiger charge is -2.07. The molecular weight excluding hydrogens is 417 g/mol. The number of aromatic amines is 2. The third kappa shape index (κ3) is 3.89. The lowest BCUT2D eigenvalue weighted by molar-refractivity contribution is 0.582. The summed E-state index contributed by atoms with van der Waals surface area (Å²) in [7, 11) is -4.27. The van der Waals surface area contributed by atoms with Crippen molar-refractivity contribution >= 4 is 15.7 Å². The maximum Gasteiger partial charge on any atom is 0.325 e. The van der Waals surface area contributed by atoms with Crippen LogP contribution in [-0.4, -0.2) is 28.6 Å². The van der Waals surface area contributed by atoms with Crippen molar-refractivity contribution in [3.8, 4) is 22.9 Å². The summed E-state index contributed by atoms with van der Waals surface area (Å²) in [5, 5.41) is 7.78. The number of benzene rings is 2. The Morgan fingerprint density at radius 3 is 2.30 bits per heavy atom. The lowest BCUT2D eigenvalue weighted by atomic mass is 10.2. The Kier molecular flexibility index (Phi) is 4.75. The lowest BCUT2D eigenvalue weighted by Crippen LogP contribution is -2.29. The van der Waals surface area contributed by atoms with E-state index in [9.17, 15) is 22.4 Å². The fourth-order valence-corrected chi connectivity index (χ4v) is 3.66. The van der Waals surface area contributed by atoms with Crippen molar-refractivity contribution in [2.24, 2.45) is 0 Å². The molecule has 2 heterocycles. The molecule has 0 aliphatic carbocycles. The zero-order valence-corrected chi connectivity index (χ0v) is 15.7. The van der Waals surface area contributed by atoms with Crippen LogP contribution in [0.3, 0.4) is 0 Å². The molecule has 0 saturated carbocycles. The zero-order chi connectivity index (χ0) is 21.3. The Morgan fingerprint density at radius 2 is 1.63 bits per heavy atom. The monoisotopic (exact) mass is 429 g/mol. The maximum atomic E-state index is 13.4. The van der Waals surface area contributed by atoms with Gasteiger partial charge in [-0.25, -0.2) is 17.6 Å². The molecule has 2 aromatic carbocycles. The smallest absolute Gasteiger partial charge is 0.325 e. The van der Waals surface area contributed by atoms with Gasteiger partial charge < -0.3 is 9.40 Å². The summed E-state index contributed by atoms with van der Waals surface area (Å²) in [6.07, 6.45) is 0.802. The van der Waals surface area contributed by atoms with E-state index in [4.69, 9.17) is 4.42 Å². The summed E-state index contributed by atoms with van der Waals surface area (Å²) in [6, 6.07) is 11.6. The van der Waals surface area contributed by atoms with Crippen molar-refractivity contribution in [1.82, 2.24) is 20.2 Å². The van der Waals surface area contributed by atoms with Crippen LogP contribution in [0.15, 0.2) is 73.6 Å². The quantitative estimate of drug-likeness (QED) is 0.437. The molecule has 0 fully saturated rings. The Labute approximate surface area is 167 Å². The van der Waals surface area contributed by atoms with Crippen molar-refractivity contribution in [2.75, 3.05) is 4.72 Å². The molecule has 0 aliphatic heterocycles. The standard InChI is InChI=1S/C18H12FN5O5S/c19-12-5-1-3-10(7-12)16-22-23-17(29-16)11-4-2-6-13(8-11)24-30(27,28)14-9-20-18(26)21-15(14)25/h1-9,24H,(H2,20,21,25,26). The number of nitrogens with zero attached hydrogens (tertiary/aromatic N) is 2. The Hall–Kier alpha value is -4.06.